The Hall–Kier alpha value is -2.71. The van der Waals surface area contributed by atoms with Gasteiger partial charge in [0.25, 0.3) is 0 Å². The normalized spacial score (nSPS) is 21.8. The lowest BCUT2D eigenvalue weighted by atomic mass is 10.1. The van der Waals surface area contributed by atoms with Crippen LogP contribution in [-0.4, -0.2) is 65.3 Å². The van der Waals surface area contributed by atoms with E-state index >= 15 is 0 Å². The number of benzene rings is 1. The fourth-order valence-corrected chi connectivity index (χ4v) is 5.37. The minimum Gasteiger partial charge on any atom is -0.387 e. The summed E-state index contributed by atoms with van der Waals surface area (Å²) in [5.41, 5.74) is 2.58. The van der Waals surface area contributed by atoms with E-state index in [1.165, 1.54) is 12.5 Å². The van der Waals surface area contributed by atoms with E-state index in [1.807, 2.05) is 40.5 Å². The largest absolute Gasteiger partial charge is 0.387 e. The van der Waals surface area contributed by atoms with Crippen molar-refractivity contribution in [1.82, 2.24) is 19.3 Å². The highest BCUT2D eigenvalue weighted by atomic mass is 79.9. The molecule has 0 saturated heterocycles. The first-order valence-corrected chi connectivity index (χ1v) is 13.8. The minimum atomic E-state index is -4.13. The molecule has 1 aromatic carbocycles. The molecule has 13 heteroatoms. The number of carbonyl (C=O) groups excluding carboxylic acids is 1. The van der Waals surface area contributed by atoms with Gasteiger partial charge in [0.05, 0.1) is 11.6 Å². The number of anilines is 1. The Labute approximate surface area is 222 Å². The van der Waals surface area contributed by atoms with Gasteiger partial charge in [0, 0.05) is 48.1 Å². The molecule has 0 amide bonds. The van der Waals surface area contributed by atoms with E-state index in [9.17, 15) is 22.7 Å². The maximum absolute atomic E-state index is 14.8. The van der Waals surface area contributed by atoms with Gasteiger partial charge in [-0.3, -0.25) is 8.98 Å². The second-order valence-corrected chi connectivity index (χ2v) is 11.1. The second kappa shape index (κ2) is 11.4. The van der Waals surface area contributed by atoms with Gasteiger partial charge in [0.1, 0.15) is 30.5 Å². The number of rotatable bonds is 10. The summed E-state index contributed by atoms with van der Waals surface area (Å²) in [6.45, 7) is 2.58. The number of alkyl halides is 1. The van der Waals surface area contributed by atoms with E-state index < -0.39 is 34.7 Å². The molecule has 1 aliphatic rings. The number of nitrogens with one attached hydrogen (secondary N) is 2. The predicted octanol–water partition coefficient (Wildman–Crippen LogP) is 2.61. The summed E-state index contributed by atoms with van der Waals surface area (Å²) in [5.74, 6) is -0.278. The Kier molecular flexibility index (Phi) is 8.39. The highest BCUT2D eigenvalue weighted by molar-refractivity contribution is 9.10. The molecule has 4 rings (SSSR count). The van der Waals surface area contributed by atoms with Crippen LogP contribution in [0.1, 0.15) is 40.5 Å². The number of aryl methyl sites for hydroxylation is 1. The molecule has 10 nitrogen and oxygen atoms in total. The van der Waals surface area contributed by atoms with Gasteiger partial charge in [-0.1, -0.05) is 35.0 Å². The quantitative estimate of drug-likeness (QED) is 0.304. The summed E-state index contributed by atoms with van der Waals surface area (Å²) >= 11 is 3.48. The van der Waals surface area contributed by atoms with Gasteiger partial charge < -0.3 is 15.0 Å². The highest BCUT2D eigenvalue weighted by Gasteiger charge is 2.46. The standard InChI is InChI=1S/C24H27BrFN5O5S/c1-3-17-8-15(12-31(17)11-14-5-4-6-16(25)7-14)22(32)18-10-28-13-29-24(18)30-19-9-20(23(33)21(19)26)36-37(34,35)27-2/h4-8,10,12-13,19-21,23,27,33H,3,9,11H2,1-2H3,(H,28,29,30)/t19-,20-,21-,23-/m1/s1. The fourth-order valence-electron chi connectivity index (χ4n) is 4.31. The molecule has 2 heterocycles. The Bertz CT molecular complexity index is 1390. The lowest BCUT2D eigenvalue weighted by Crippen LogP contribution is -2.35. The molecule has 1 fully saturated rings. The number of hydrogen-bond acceptors (Lipinski definition) is 8. The number of halogens is 2. The maximum atomic E-state index is 14.8. The number of aromatic nitrogens is 3. The molecule has 0 aliphatic heterocycles. The van der Waals surface area contributed by atoms with Crippen molar-refractivity contribution in [3.8, 4) is 0 Å². The van der Waals surface area contributed by atoms with Crippen molar-refractivity contribution >= 4 is 37.8 Å². The molecular formula is C24H27BrFN5O5S. The third-order valence-corrected chi connectivity index (χ3v) is 7.70. The molecule has 4 atom stereocenters. The van der Waals surface area contributed by atoms with E-state index in [2.05, 4.69) is 31.2 Å². The Morgan fingerprint density at radius 2 is 2.14 bits per heavy atom. The number of carbonyl (C=O) groups is 1. The van der Waals surface area contributed by atoms with Crippen molar-refractivity contribution in [3.63, 3.8) is 0 Å². The van der Waals surface area contributed by atoms with Crippen LogP contribution in [0.5, 0.6) is 0 Å². The monoisotopic (exact) mass is 595 g/mol. The molecule has 0 unspecified atom stereocenters. The molecule has 0 spiro atoms. The lowest BCUT2D eigenvalue weighted by Gasteiger charge is -2.17. The van der Waals surface area contributed by atoms with Crippen LogP contribution in [0.15, 0.2) is 53.5 Å². The molecule has 198 valence electrons. The van der Waals surface area contributed by atoms with E-state index in [0.29, 0.717) is 18.5 Å². The van der Waals surface area contributed by atoms with E-state index in [1.54, 1.807) is 12.3 Å². The highest BCUT2D eigenvalue weighted by Crippen LogP contribution is 2.30. The van der Waals surface area contributed by atoms with Crippen LogP contribution in [0.25, 0.3) is 0 Å². The summed E-state index contributed by atoms with van der Waals surface area (Å²) < 4.78 is 48.0. The van der Waals surface area contributed by atoms with Crippen LogP contribution >= 0.6 is 15.9 Å². The molecule has 0 radical (unpaired) electrons. The van der Waals surface area contributed by atoms with Crippen molar-refractivity contribution in [2.75, 3.05) is 12.4 Å². The first-order valence-electron chi connectivity index (χ1n) is 11.6. The van der Waals surface area contributed by atoms with Crippen LogP contribution in [0, 0.1) is 0 Å². The van der Waals surface area contributed by atoms with Gasteiger partial charge in [-0.25, -0.2) is 14.4 Å². The Morgan fingerprint density at radius 3 is 2.84 bits per heavy atom. The fraction of sp³-hybridized carbons (Fsp3) is 0.375. The topological polar surface area (TPSA) is 135 Å². The van der Waals surface area contributed by atoms with E-state index in [4.69, 9.17) is 4.18 Å². The Balaban J connectivity index is 1.55. The zero-order valence-corrected chi connectivity index (χ0v) is 22.5. The summed E-state index contributed by atoms with van der Waals surface area (Å²) in [6, 6.07) is 8.67. The number of nitrogens with zero attached hydrogens (tertiary/aromatic N) is 3. The SMILES string of the molecule is CCc1cc(C(=O)c2cncnc2N[C@@H]2C[C@@H](OS(=O)(=O)NC)[C@@H](O)[C@@H]2F)cn1Cc1cccc(Br)c1. The van der Waals surface area contributed by atoms with Gasteiger partial charge in [0.15, 0.2) is 5.78 Å². The molecule has 3 N–H and O–H groups in total. The summed E-state index contributed by atoms with van der Waals surface area (Å²) in [5, 5.41) is 13.0. The number of aliphatic hydroxyl groups is 1. The van der Waals surface area contributed by atoms with Gasteiger partial charge in [-0.15, -0.1) is 0 Å². The van der Waals surface area contributed by atoms with E-state index in [-0.39, 0.29) is 23.6 Å². The predicted molar refractivity (Wildman–Crippen MR) is 138 cm³/mol. The number of hydrogen-bond donors (Lipinski definition) is 3. The van der Waals surface area contributed by atoms with Crippen molar-refractivity contribution < 1.29 is 26.9 Å². The molecule has 1 aliphatic carbocycles. The molecule has 2 aromatic heterocycles. The van der Waals surface area contributed by atoms with Crippen molar-refractivity contribution in [1.29, 1.82) is 0 Å². The van der Waals surface area contributed by atoms with Crippen LogP contribution < -0.4 is 10.0 Å². The van der Waals surface area contributed by atoms with Crippen LogP contribution in [0.4, 0.5) is 10.2 Å². The van der Waals surface area contributed by atoms with Gasteiger partial charge in [-0.05, 0) is 30.2 Å². The molecule has 3 aromatic rings. The zero-order chi connectivity index (χ0) is 26.7. The maximum Gasteiger partial charge on any atom is 0.335 e. The van der Waals surface area contributed by atoms with Gasteiger partial charge >= 0.3 is 10.3 Å². The number of aliphatic hydroxyl groups excluding tert-OH is 1. The van der Waals surface area contributed by atoms with Gasteiger partial charge in [0.2, 0.25) is 0 Å². The first kappa shape index (κ1) is 27.3. The molecule has 37 heavy (non-hydrogen) atoms. The molecule has 0 bridgehead atoms. The minimum absolute atomic E-state index is 0.0785. The van der Waals surface area contributed by atoms with Gasteiger partial charge in [-0.2, -0.15) is 13.1 Å². The van der Waals surface area contributed by atoms with Crippen molar-refractivity contribution in [2.24, 2.45) is 0 Å². The van der Waals surface area contributed by atoms with Crippen LogP contribution in [0.3, 0.4) is 0 Å². The average Bonchev–Trinajstić information content (AvgIpc) is 3.39. The molecule has 1 saturated carbocycles. The van der Waals surface area contributed by atoms with Crippen molar-refractivity contribution in [3.05, 3.63) is 75.9 Å². The zero-order valence-electron chi connectivity index (χ0n) is 20.1. The Morgan fingerprint density at radius 1 is 1.35 bits per heavy atom. The average molecular weight is 596 g/mol. The number of ketones is 1. The summed E-state index contributed by atoms with van der Waals surface area (Å²) in [4.78, 5) is 21.5. The summed E-state index contributed by atoms with van der Waals surface area (Å²) in [7, 11) is -2.98. The van der Waals surface area contributed by atoms with E-state index in [0.717, 1.165) is 22.8 Å². The molecular weight excluding hydrogens is 569 g/mol. The van der Waals surface area contributed by atoms with Crippen molar-refractivity contribution in [2.45, 2.75) is 50.7 Å². The lowest BCUT2D eigenvalue weighted by molar-refractivity contribution is 0.0248. The first-order chi connectivity index (χ1) is 17.6. The smallest absolute Gasteiger partial charge is 0.335 e. The van der Waals surface area contributed by atoms with Crippen LogP contribution in [0.2, 0.25) is 0 Å². The summed E-state index contributed by atoms with van der Waals surface area (Å²) in [6.07, 6.45) is 0.0313. The van der Waals surface area contributed by atoms with Crippen LogP contribution in [-0.2, 0) is 27.5 Å². The third kappa shape index (κ3) is 6.24. The second-order valence-electron chi connectivity index (χ2n) is 8.66. The third-order valence-electron chi connectivity index (χ3n) is 6.21.